The minimum Gasteiger partial charge on any atom is -0.343 e. The standard InChI is InChI=1S/C13H16FN3O/c1-2-12(10-5-3-4-6-11(10)14)15-8-7-13-16-9-18-17-13/h3-6,9,12,15H,2,7-8H2,1H3. The molecule has 1 atom stereocenters. The van der Waals surface area contributed by atoms with Gasteiger partial charge < -0.3 is 9.84 Å². The maximum Gasteiger partial charge on any atom is 0.213 e. The Labute approximate surface area is 105 Å². The van der Waals surface area contributed by atoms with Gasteiger partial charge in [-0.2, -0.15) is 4.98 Å². The van der Waals surface area contributed by atoms with Crippen molar-refractivity contribution < 1.29 is 8.91 Å². The van der Waals surface area contributed by atoms with E-state index in [-0.39, 0.29) is 11.9 Å². The van der Waals surface area contributed by atoms with Gasteiger partial charge >= 0.3 is 0 Å². The van der Waals surface area contributed by atoms with Crippen LogP contribution in [0.1, 0.15) is 30.8 Å². The van der Waals surface area contributed by atoms with Crippen molar-refractivity contribution in [1.29, 1.82) is 0 Å². The van der Waals surface area contributed by atoms with Crippen LogP contribution in [0.2, 0.25) is 0 Å². The monoisotopic (exact) mass is 249 g/mol. The molecule has 0 aliphatic rings. The van der Waals surface area contributed by atoms with Crippen LogP contribution in [-0.4, -0.2) is 16.7 Å². The van der Waals surface area contributed by atoms with Gasteiger partial charge in [-0.05, 0) is 12.5 Å². The lowest BCUT2D eigenvalue weighted by Gasteiger charge is -2.17. The first kappa shape index (κ1) is 12.7. The highest BCUT2D eigenvalue weighted by atomic mass is 19.1. The molecule has 0 saturated carbocycles. The van der Waals surface area contributed by atoms with Crippen LogP contribution < -0.4 is 5.32 Å². The third-order valence-corrected chi connectivity index (χ3v) is 2.84. The predicted molar refractivity (Wildman–Crippen MR) is 65.4 cm³/mol. The fourth-order valence-corrected chi connectivity index (χ4v) is 1.89. The fraction of sp³-hybridized carbons (Fsp3) is 0.385. The molecule has 1 aromatic carbocycles. The Kier molecular flexibility index (Phi) is 4.41. The van der Waals surface area contributed by atoms with Crippen LogP contribution in [0.15, 0.2) is 35.2 Å². The van der Waals surface area contributed by atoms with Crippen molar-refractivity contribution in [2.45, 2.75) is 25.8 Å². The minimum atomic E-state index is -0.170. The third-order valence-electron chi connectivity index (χ3n) is 2.84. The van der Waals surface area contributed by atoms with E-state index in [4.69, 9.17) is 0 Å². The number of nitrogens with one attached hydrogen (secondary N) is 1. The van der Waals surface area contributed by atoms with Gasteiger partial charge in [0.05, 0.1) is 0 Å². The molecule has 0 aliphatic carbocycles. The van der Waals surface area contributed by atoms with E-state index >= 15 is 0 Å². The van der Waals surface area contributed by atoms with E-state index in [1.807, 2.05) is 19.1 Å². The maximum absolute atomic E-state index is 13.6. The molecule has 2 rings (SSSR count). The Bertz CT molecular complexity index is 473. The molecule has 18 heavy (non-hydrogen) atoms. The Morgan fingerprint density at radius 1 is 1.39 bits per heavy atom. The number of nitrogens with zero attached hydrogens (tertiary/aromatic N) is 2. The van der Waals surface area contributed by atoms with Crippen LogP contribution in [0.5, 0.6) is 0 Å². The molecule has 0 saturated heterocycles. The number of halogens is 1. The summed E-state index contributed by atoms with van der Waals surface area (Å²) < 4.78 is 18.3. The summed E-state index contributed by atoms with van der Waals surface area (Å²) in [6, 6.07) is 6.86. The summed E-state index contributed by atoms with van der Waals surface area (Å²) in [6.07, 6.45) is 2.80. The number of benzene rings is 1. The molecule has 0 spiro atoms. The fourth-order valence-electron chi connectivity index (χ4n) is 1.89. The highest BCUT2D eigenvalue weighted by Crippen LogP contribution is 2.19. The van der Waals surface area contributed by atoms with Crippen LogP contribution in [0, 0.1) is 5.82 Å². The van der Waals surface area contributed by atoms with E-state index in [1.54, 1.807) is 6.07 Å². The molecule has 0 radical (unpaired) electrons. The van der Waals surface area contributed by atoms with Crippen LogP contribution in [0.3, 0.4) is 0 Å². The van der Waals surface area contributed by atoms with Crippen molar-refractivity contribution >= 4 is 0 Å². The summed E-state index contributed by atoms with van der Waals surface area (Å²) in [6.45, 7) is 2.71. The highest BCUT2D eigenvalue weighted by Gasteiger charge is 2.12. The quantitative estimate of drug-likeness (QED) is 0.854. The smallest absolute Gasteiger partial charge is 0.213 e. The van der Waals surface area contributed by atoms with E-state index < -0.39 is 0 Å². The second kappa shape index (κ2) is 6.26. The molecular formula is C13H16FN3O. The first-order valence-corrected chi connectivity index (χ1v) is 6.04. The van der Waals surface area contributed by atoms with Crippen LogP contribution >= 0.6 is 0 Å². The van der Waals surface area contributed by atoms with E-state index in [0.29, 0.717) is 24.4 Å². The molecule has 0 bridgehead atoms. The third kappa shape index (κ3) is 3.13. The number of rotatable bonds is 6. The van der Waals surface area contributed by atoms with Crippen LogP contribution in [0.4, 0.5) is 4.39 Å². The van der Waals surface area contributed by atoms with Crippen LogP contribution in [0.25, 0.3) is 0 Å². The topological polar surface area (TPSA) is 51.0 Å². The van der Waals surface area contributed by atoms with Gasteiger partial charge in [0.25, 0.3) is 0 Å². The molecule has 1 aromatic heterocycles. The van der Waals surface area contributed by atoms with Crippen molar-refractivity contribution in [3.8, 4) is 0 Å². The molecule has 96 valence electrons. The van der Waals surface area contributed by atoms with Crippen molar-refractivity contribution in [2.75, 3.05) is 6.54 Å². The summed E-state index contributed by atoms with van der Waals surface area (Å²) in [5.74, 6) is 0.488. The predicted octanol–water partition coefficient (Wildman–Crippen LogP) is 2.49. The van der Waals surface area contributed by atoms with Crippen molar-refractivity contribution in [3.05, 3.63) is 47.9 Å². The largest absolute Gasteiger partial charge is 0.343 e. The zero-order chi connectivity index (χ0) is 12.8. The SMILES string of the molecule is CCC(NCCc1ncon1)c1ccccc1F. The van der Waals surface area contributed by atoms with Crippen molar-refractivity contribution in [3.63, 3.8) is 0 Å². The van der Waals surface area contributed by atoms with Gasteiger partial charge in [-0.1, -0.05) is 30.3 Å². The second-order valence-electron chi connectivity index (χ2n) is 4.03. The maximum atomic E-state index is 13.6. The van der Waals surface area contributed by atoms with E-state index in [0.717, 1.165) is 6.42 Å². The Morgan fingerprint density at radius 2 is 2.22 bits per heavy atom. The van der Waals surface area contributed by atoms with Gasteiger partial charge in [-0.3, -0.25) is 0 Å². The molecule has 5 heteroatoms. The van der Waals surface area contributed by atoms with Gasteiger partial charge in [0.15, 0.2) is 5.82 Å². The lowest BCUT2D eigenvalue weighted by molar-refractivity contribution is 0.407. The van der Waals surface area contributed by atoms with Gasteiger partial charge in [-0.25, -0.2) is 4.39 Å². The van der Waals surface area contributed by atoms with E-state index in [1.165, 1.54) is 12.5 Å². The Hall–Kier alpha value is -1.75. The molecule has 1 N–H and O–H groups in total. The Morgan fingerprint density at radius 3 is 2.89 bits per heavy atom. The lowest BCUT2D eigenvalue weighted by Crippen LogP contribution is -2.24. The summed E-state index contributed by atoms with van der Waals surface area (Å²) in [7, 11) is 0. The second-order valence-corrected chi connectivity index (χ2v) is 4.03. The summed E-state index contributed by atoms with van der Waals surface area (Å²) in [4.78, 5) is 3.94. The average Bonchev–Trinajstić information content (AvgIpc) is 2.89. The normalized spacial score (nSPS) is 12.6. The number of hydrogen-bond donors (Lipinski definition) is 1. The Balaban J connectivity index is 1.91. The zero-order valence-electron chi connectivity index (χ0n) is 10.3. The average molecular weight is 249 g/mol. The van der Waals surface area contributed by atoms with Crippen LogP contribution in [-0.2, 0) is 6.42 Å². The summed E-state index contributed by atoms with van der Waals surface area (Å²) in [5, 5.41) is 7.03. The van der Waals surface area contributed by atoms with Crippen molar-refractivity contribution in [1.82, 2.24) is 15.5 Å². The molecule has 1 unspecified atom stereocenters. The first-order valence-electron chi connectivity index (χ1n) is 6.04. The highest BCUT2D eigenvalue weighted by molar-refractivity contribution is 5.21. The van der Waals surface area contributed by atoms with Gasteiger partial charge in [0, 0.05) is 24.6 Å². The van der Waals surface area contributed by atoms with E-state index in [2.05, 4.69) is 20.0 Å². The molecule has 0 amide bonds. The van der Waals surface area contributed by atoms with Gasteiger partial charge in [-0.15, -0.1) is 0 Å². The molecule has 0 fully saturated rings. The zero-order valence-corrected chi connectivity index (χ0v) is 10.3. The molecule has 2 aromatic rings. The summed E-state index contributed by atoms with van der Waals surface area (Å²) >= 11 is 0. The van der Waals surface area contributed by atoms with E-state index in [9.17, 15) is 4.39 Å². The molecule has 1 heterocycles. The molecule has 0 aliphatic heterocycles. The lowest BCUT2D eigenvalue weighted by atomic mass is 10.0. The first-order chi connectivity index (χ1) is 8.81. The summed E-state index contributed by atoms with van der Waals surface area (Å²) in [5.41, 5.74) is 0.702. The molecular weight excluding hydrogens is 233 g/mol. The minimum absolute atomic E-state index is 0.0121. The number of hydrogen-bond acceptors (Lipinski definition) is 4. The van der Waals surface area contributed by atoms with Gasteiger partial charge in [0.1, 0.15) is 5.82 Å². The number of aromatic nitrogens is 2. The van der Waals surface area contributed by atoms with Gasteiger partial charge in [0.2, 0.25) is 6.39 Å². The molecule has 4 nitrogen and oxygen atoms in total. The van der Waals surface area contributed by atoms with Crippen molar-refractivity contribution in [2.24, 2.45) is 0 Å².